The van der Waals surface area contributed by atoms with Crippen molar-refractivity contribution in [1.82, 2.24) is 5.32 Å². The van der Waals surface area contributed by atoms with Crippen molar-refractivity contribution in [3.05, 3.63) is 23.3 Å². The molecule has 4 nitrogen and oxygen atoms in total. The molecule has 0 spiro atoms. The van der Waals surface area contributed by atoms with E-state index in [2.05, 4.69) is 5.32 Å². The van der Waals surface area contributed by atoms with Crippen LogP contribution in [0.2, 0.25) is 0 Å². The topological polar surface area (TPSA) is 47.6 Å². The van der Waals surface area contributed by atoms with E-state index in [1.165, 1.54) is 5.56 Å². The van der Waals surface area contributed by atoms with Gasteiger partial charge in [-0.2, -0.15) is 0 Å². The van der Waals surface area contributed by atoms with Crippen LogP contribution in [0.3, 0.4) is 0 Å². The smallest absolute Gasteiger partial charge is 0.412 e. The van der Waals surface area contributed by atoms with Crippen molar-refractivity contribution in [3.8, 4) is 11.5 Å². The molecule has 1 aromatic rings. The Morgan fingerprint density at radius 3 is 2.35 bits per heavy atom. The molecule has 0 heterocycles. The SMILES string of the molecule is CNC(=O)Oc1ccc(OC)c2c1CCCC2. The molecule has 0 bridgehead atoms. The van der Waals surface area contributed by atoms with Crippen LogP contribution >= 0.6 is 0 Å². The highest BCUT2D eigenvalue weighted by atomic mass is 16.6. The van der Waals surface area contributed by atoms with E-state index in [4.69, 9.17) is 9.47 Å². The number of hydrogen-bond donors (Lipinski definition) is 1. The van der Waals surface area contributed by atoms with Crippen LogP contribution < -0.4 is 14.8 Å². The van der Waals surface area contributed by atoms with Gasteiger partial charge in [0.1, 0.15) is 11.5 Å². The predicted octanol–water partition coefficient (Wildman–Crippen LogP) is 2.29. The van der Waals surface area contributed by atoms with E-state index in [1.54, 1.807) is 20.2 Å². The van der Waals surface area contributed by atoms with Crippen LogP contribution in [0.25, 0.3) is 0 Å². The average molecular weight is 235 g/mol. The van der Waals surface area contributed by atoms with Crippen LogP contribution in [0.5, 0.6) is 11.5 Å². The molecule has 0 fully saturated rings. The lowest BCUT2D eigenvalue weighted by Gasteiger charge is -2.21. The minimum atomic E-state index is -0.428. The van der Waals surface area contributed by atoms with Crippen molar-refractivity contribution in [2.24, 2.45) is 0 Å². The Morgan fingerprint density at radius 2 is 1.76 bits per heavy atom. The molecule has 2 rings (SSSR count). The summed E-state index contributed by atoms with van der Waals surface area (Å²) in [5.41, 5.74) is 2.29. The Kier molecular flexibility index (Phi) is 3.52. The average Bonchev–Trinajstić information content (AvgIpc) is 2.39. The third-order valence-corrected chi connectivity index (χ3v) is 3.08. The minimum Gasteiger partial charge on any atom is -0.496 e. The van der Waals surface area contributed by atoms with Gasteiger partial charge in [-0.15, -0.1) is 0 Å². The van der Waals surface area contributed by atoms with Crippen molar-refractivity contribution < 1.29 is 14.3 Å². The normalized spacial score (nSPS) is 13.8. The monoisotopic (exact) mass is 235 g/mol. The number of hydrogen-bond acceptors (Lipinski definition) is 3. The zero-order chi connectivity index (χ0) is 12.3. The van der Waals surface area contributed by atoms with E-state index in [-0.39, 0.29) is 0 Å². The Bertz CT molecular complexity index is 429. The largest absolute Gasteiger partial charge is 0.496 e. The summed E-state index contributed by atoms with van der Waals surface area (Å²) < 4.78 is 10.6. The minimum absolute atomic E-state index is 0.428. The van der Waals surface area contributed by atoms with Crippen molar-refractivity contribution in [2.75, 3.05) is 14.2 Å². The van der Waals surface area contributed by atoms with E-state index in [0.717, 1.165) is 37.0 Å². The zero-order valence-electron chi connectivity index (χ0n) is 10.2. The Morgan fingerprint density at radius 1 is 1.18 bits per heavy atom. The highest BCUT2D eigenvalue weighted by Gasteiger charge is 2.19. The number of methoxy groups -OCH3 is 1. The Labute approximate surface area is 101 Å². The third-order valence-electron chi connectivity index (χ3n) is 3.08. The van der Waals surface area contributed by atoms with E-state index >= 15 is 0 Å². The molecule has 0 radical (unpaired) electrons. The second-order valence-corrected chi connectivity index (χ2v) is 4.07. The lowest BCUT2D eigenvalue weighted by Crippen LogP contribution is -2.23. The number of carbonyl (C=O) groups is 1. The van der Waals surface area contributed by atoms with E-state index < -0.39 is 6.09 Å². The van der Waals surface area contributed by atoms with Gasteiger partial charge in [0.2, 0.25) is 0 Å². The highest BCUT2D eigenvalue weighted by Crippen LogP contribution is 2.35. The van der Waals surface area contributed by atoms with Gasteiger partial charge in [0.25, 0.3) is 0 Å². The van der Waals surface area contributed by atoms with Gasteiger partial charge in [0, 0.05) is 18.2 Å². The fraction of sp³-hybridized carbons (Fsp3) is 0.462. The molecule has 1 aliphatic rings. The third kappa shape index (κ3) is 2.35. The summed E-state index contributed by atoms with van der Waals surface area (Å²) in [4.78, 5) is 11.3. The molecular formula is C13H17NO3. The molecule has 17 heavy (non-hydrogen) atoms. The molecule has 0 saturated heterocycles. The molecule has 4 heteroatoms. The molecule has 0 aromatic heterocycles. The van der Waals surface area contributed by atoms with Gasteiger partial charge in [-0.3, -0.25) is 0 Å². The number of ether oxygens (including phenoxy) is 2. The zero-order valence-corrected chi connectivity index (χ0v) is 10.2. The summed E-state index contributed by atoms with van der Waals surface area (Å²) >= 11 is 0. The fourth-order valence-electron chi connectivity index (χ4n) is 2.24. The molecule has 0 aliphatic heterocycles. The van der Waals surface area contributed by atoms with Crippen LogP contribution in [-0.2, 0) is 12.8 Å². The molecule has 1 aliphatic carbocycles. The van der Waals surface area contributed by atoms with Crippen LogP contribution in [0.1, 0.15) is 24.0 Å². The number of fused-ring (bicyclic) bond motifs is 1. The van der Waals surface area contributed by atoms with Crippen molar-refractivity contribution >= 4 is 6.09 Å². The first-order valence-corrected chi connectivity index (χ1v) is 5.84. The summed E-state index contributed by atoms with van der Waals surface area (Å²) in [6.45, 7) is 0. The van der Waals surface area contributed by atoms with Gasteiger partial charge in [0.05, 0.1) is 7.11 Å². The number of nitrogens with one attached hydrogen (secondary N) is 1. The quantitative estimate of drug-likeness (QED) is 0.855. The van der Waals surface area contributed by atoms with Gasteiger partial charge in [-0.1, -0.05) is 0 Å². The standard InChI is InChI=1S/C13H17NO3/c1-14-13(15)17-12-8-7-11(16-2)9-5-3-4-6-10(9)12/h7-8H,3-6H2,1-2H3,(H,14,15). The first-order chi connectivity index (χ1) is 8.26. The fourth-order valence-corrected chi connectivity index (χ4v) is 2.24. The summed E-state index contributed by atoms with van der Waals surface area (Å²) in [6, 6.07) is 3.67. The second-order valence-electron chi connectivity index (χ2n) is 4.07. The maximum Gasteiger partial charge on any atom is 0.412 e. The first-order valence-electron chi connectivity index (χ1n) is 5.84. The van der Waals surface area contributed by atoms with Crippen LogP contribution in [0, 0.1) is 0 Å². The molecule has 0 saturated carbocycles. The van der Waals surface area contributed by atoms with Gasteiger partial charge in [-0.05, 0) is 37.8 Å². The molecule has 0 atom stereocenters. The summed E-state index contributed by atoms with van der Waals surface area (Å²) in [7, 11) is 3.22. The summed E-state index contributed by atoms with van der Waals surface area (Å²) in [5.74, 6) is 1.55. The molecule has 1 N–H and O–H groups in total. The Balaban J connectivity index is 2.37. The van der Waals surface area contributed by atoms with Gasteiger partial charge >= 0.3 is 6.09 Å². The number of amides is 1. The number of rotatable bonds is 2. The summed E-state index contributed by atoms with van der Waals surface area (Å²) in [6.07, 6.45) is 3.79. The van der Waals surface area contributed by atoms with Crippen LogP contribution in [0.15, 0.2) is 12.1 Å². The predicted molar refractivity (Wildman–Crippen MR) is 64.7 cm³/mol. The van der Waals surface area contributed by atoms with Crippen molar-refractivity contribution in [1.29, 1.82) is 0 Å². The molecule has 92 valence electrons. The van der Waals surface area contributed by atoms with E-state index in [1.807, 2.05) is 6.07 Å². The number of carbonyl (C=O) groups excluding carboxylic acids is 1. The van der Waals surface area contributed by atoms with Crippen LogP contribution in [-0.4, -0.2) is 20.3 Å². The molecule has 1 amide bonds. The van der Waals surface area contributed by atoms with E-state index in [9.17, 15) is 4.79 Å². The van der Waals surface area contributed by atoms with Crippen LogP contribution in [0.4, 0.5) is 4.79 Å². The second kappa shape index (κ2) is 5.08. The van der Waals surface area contributed by atoms with Gasteiger partial charge in [0.15, 0.2) is 0 Å². The molecule has 0 unspecified atom stereocenters. The number of benzene rings is 1. The molecule has 1 aromatic carbocycles. The van der Waals surface area contributed by atoms with Gasteiger partial charge in [-0.25, -0.2) is 4.79 Å². The van der Waals surface area contributed by atoms with Gasteiger partial charge < -0.3 is 14.8 Å². The van der Waals surface area contributed by atoms with E-state index in [0.29, 0.717) is 5.75 Å². The maximum atomic E-state index is 11.3. The lowest BCUT2D eigenvalue weighted by molar-refractivity contribution is 0.202. The first kappa shape index (κ1) is 11.8. The maximum absolute atomic E-state index is 11.3. The Hall–Kier alpha value is -1.71. The van der Waals surface area contributed by atoms with Crippen molar-refractivity contribution in [3.63, 3.8) is 0 Å². The lowest BCUT2D eigenvalue weighted by atomic mass is 9.90. The summed E-state index contributed by atoms with van der Waals surface area (Å²) in [5, 5.41) is 2.46. The molecular weight excluding hydrogens is 218 g/mol. The highest BCUT2D eigenvalue weighted by molar-refractivity contribution is 5.71. The van der Waals surface area contributed by atoms with Crippen molar-refractivity contribution in [2.45, 2.75) is 25.7 Å².